The highest BCUT2D eigenvalue weighted by atomic mass is 16.4. The fourth-order valence-corrected chi connectivity index (χ4v) is 2.59. The molecule has 6 nitrogen and oxygen atoms in total. The van der Waals surface area contributed by atoms with Gasteiger partial charge in [-0.1, -0.05) is 13.8 Å². The number of aromatic nitrogens is 2. The van der Waals surface area contributed by atoms with Crippen molar-refractivity contribution in [2.75, 3.05) is 6.54 Å². The van der Waals surface area contributed by atoms with E-state index in [4.69, 9.17) is 5.11 Å². The minimum atomic E-state index is -0.886. The molecule has 1 aromatic rings. The van der Waals surface area contributed by atoms with E-state index in [1.165, 1.54) is 0 Å². The molecule has 1 amide bonds. The second kappa shape index (κ2) is 5.03. The molecule has 0 unspecified atom stereocenters. The minimum absolute atomic E-state index is 0.150. The first kappa shape index (κ1) is 13.6. The molecule has 2 rings (SSSR count). The van der Waals surface area contributed by atoms with Crippen molar-refractivity contribution in [2.24, 2.45) is 17.3 Å². The summed E-state index contributed by atoms with van der Waals surface area (Å²) in [6, 6.07) is 0. The number of carbonyl (C=O) groups excluding carboxylic acids is 1. The van der Waals surface area contributed by atoms with Crippen LogP contribution in [0.5, 0.6) is 0 Å². The number of carboxylic acid groups (broad SMARTS) is 1. The molecule has 2 N–H and O–H groups in total. The summed E-state index contributed by atoms with van der Waals surface area (Å²) in [4.78, 5) is 26.8. The fourth-order valence-electron chi connectivity index (χ4n) is 2.59. The smallest absolute Gasteiger partial charge is 0.307 e. The molecule has 1 aliphatic rings. The number of carboxylic acids is 1. The molecule has 104 valence electrons. The molecular formula is C13H19N3O3. The predicted octanol–water partition coefficient (Wildman–Crippen LogP) is 0.746. The maximum Gasteiger partial charge on any atom is 0.307 e. The normalized spacial score (nSPS) is 23.9. The first-order valence-corrected chi connectivity index (χ1v) is 6.41. The Kier molecular flexibility index (Phi) is 3.59. The average molecular weight is 265 g/mol. The van der Waals surface area contributed by atoms with Gasteiger partial charge in [-0.2, -0.15) is 0 Å². The third-order valence-corrected chi connectivity index (χ3v) is 3.83. The lowest BCUT2D eigenvalue weighted by Gasteiger charge is -2.06. The van der Waals surface area contributed by atoms with Crippen LogP contribution in [0, 0.1) is 17.3 Å². The van der Waals surface area contributed by atoms with E-state index in [1.54, 1.807) is 12.5 Å². The van der Waals surface area contributed by atoms with Crippen molar-refractivity contribution in [1.82, 2.24) is 14.9 Å². The van der Waals surface area contributed by atoms with Crippen molar-refractivity contribution in [1.29, 1.82) is 0 Å². The Morgan fingerprint density at radius 3 is 2.68 bits per heavy atom. The van der Waals surface area contributed by atoms with E-state index in [2.05, 4.69) is 10.3 Å². The molecule has 1 heterocycles. The first-order valence-electron chi connectivity index (χ1n) is 6.41. The summed E-state index contributed by atoms with van der Waals surface area (Å²) >= 11 is 0. The Morgan fingerprint density at radius 2 is 2.16 bits per heavy atom. The lowest BCUT2D eigenvalue weighted by Crippen LogP contribution is -2.28. The molecule has 1 aliphatic carbocycles. The first-order chi connectivity index (χ1) is 8.94. The maximum absolute atomic E-state index is 11.9. The zero-order valence-electron chi connectivity index (χ0n) is 11.2. The molecule has 1 saturated carbocycles. The molecule has 19 heavy (non-hydrogen) atoms. The number of nitrogens with one attached hydrogen (secondary N) is 1. The highest BCUT2D eigenvalue weighted by Crippen LogP contribution is 2.58. The van der Waals surface area contributed by atoms with Crippen LogP contribution in [0.4, 0.5) is 0 Å². The van der Waals surface area contributed by atoms with Gasteiger partial charge in [0.25, 0.3) is 0 Å². The second-order valence-electron chi connectivity index (χ2n) is 5.56. The van der Waals surface area contributed by atoms with Crippen LogP contribution >= 0.6 is 0 Å². The Morgan fingerprint density at radius 1 is 1.42 bits per heavy atom. The average Bonchev–Trinajstić information content (AvgIpc) is 2.73. The molecule has 0 aromatic carbocycles. The van der Waals surface area contributed by atoms with E-state index in [0.29, 0.717) is 6.54 Å². The Labute approximate surface area is 111 Å². The van der Waals surface area contributed by atoms with Gasteiger partial charge in [0.05, 0.1) is 18.2 Å². The van der Waals surface area contributed by atoms with Crippen molar-refractivity contribution in [3.05, 3.63) is 18.7 Å². The van der Waals surface area contributed by atoms with Crippen LogP contribution in [0.3, 0.4) is 0 Å². The van der Waals surface area contributed by atoms with Gasteiger partial charge < -0.3 is 15.0 Å². The molecular weight excluding hydrogens is 246 g/mol. The fraction of sp³-hybridized carbons (Fsp3) is 0.615. The van der Waals surface area contributed by atoms with Gasteiger partial charge in [0.2, 0.25) is 5.91 Å². The van der Waals surface area contributed by atoms with E-state index in [0.717, 1.165) is 13.0 Å². The highest BCUT2D eigenvalue weighted by molar-refractivity contribution is 5.91. The largest absolute Gasteiger partial charge is 0.481 e. The quantitative estimate of drug-likeness (QED) is 0.743. The topological polar surface area (TPSA) is 84.2 Å². The summed E-state index contributed by atoms with van der Waals surface area (Å²) in [5, 5.41) is 11.8. The zero-order chi connectivity index (χ0) is 14.0. The number of hydrogen-bond acceptors (Lipinski definition) is 3. The Balaban J connectivity index is 1.72. The van der Waals surface area contributed by atoms with Gasteiger partial charge in [0.1, 0.15) is 0 Å². The molecule has 0 spiro atoms. The molecule has 0 saturated heterocycles. The second-order valence-corrected chi connectivity index (χ2v) is 5.56. The number of amides is 1. The number of aliphatic carboxylic acids is 1. The number of hydrogen-bond donors (Lipinski definition) is 2. The van der Waals surface area contributed by atoms with Gasteiger partial charge >= 0.3 is 5.97 Å². The summed E-state index contributed by atoms with van der Waals surface area (Å²) in [6.07, 6.45) is 6.11. The van der Waals surface area contributed by atoms with E-state index < -0.39 is 23.2 Å². The Hall–Kier alpha value is -1.85. The Bertz CT molecular complexity index is 467. The number of nitrogens with zero attached hydrogens (tertiary/aromatic N) is 2. The van der Waals surface area contributed by atoms with Gasteiger partial charge in [-0.3, -0.25) is 9.59 Å². The summed E-state index contributed by atoms with van der Waals surface area (Å²) < 4.78 is 1.94. The van der Waals surface area contributed by atoms with Crippen LogP contribution in [-0.4, -0.2) is 33.1 Å². The minimum Gasteiger partial charge on any atom is -0.481 e. The maximum atomic E-state index is 11.9. The zero-order valence-corrected chi connectivity index (χ0v) is 11.2. The van der Waals surface area contributed by atoms with Crippen LogP contribution in [0.25, 0.3) is 0 Å². The van der Waals surface area contributed by atoms with Gasteiger partial charge in [-0.25, -0.2) is 4.98 Å². The van der Waals surface area contributed by atoms with E-state index in [9.17, 15) is 9.59 Å². The van der Waals surface area contributed by atoms with Crippen molar-refractivity contribution < 1.29 is 14.7 Å². The van der Waals surface area contributed by atoms with Crippen molar-refractivity contribution >= 4 is 11.9 Å². The summed E-state index contributed by atoms with van der Waals surface area (Å²) in [5.41, 5.74) is -0.430. The van der Waals surface area contributed by atoms with Gasteiger partial charge in [-0.05, 0) is 11.8 Å². The molecule has 1 fully saturated rings. The van der Waals surface area contributed by atoms with Crippen LogP contribution in [0.15, 0.2) is 18.7 Å². The summed E-state index contributed by atoms with van der Waals surface area (Å²) in [6.45, 7) is 4.98. The molecule has 6 heteroatoms. The third-order valence-electron chi connectivity index (χ3n) is 3.83. The lowest BCUT2D eigenvalue weighted by molar-refractivity contribution is -0.140. The third kappa shape index (κ3) is 2.77. The summed E-state index contributed by atoms with van der Waals surface area (Å²) in [7, 11) is 0. The number of carbonyl (C=O) groups is 2. The lowest BCUT2D eigenvalue weighted by atomic mass is 10.1. The molecule has 0 aliphatic heterocycles. The molecule has 1 aromatic heterocycles. The van der Waals surface area contributed by atoms with Crippen molar-refractivity contribution in [3.63, 3.8) is 0 Å². The summed E-state index contributed by atoms with van der Waals surface area (Å²) in [5.74, 6) is -1.99. The van der Waals surface area contributed by atoms with Crippen LogP contribution in [0.1, 0.15) is 20.3 Å². The molecule has 0 radical (unpaired) electrons. The van der Waals surface area contributed by atoms with Gasteiger partial charge in [0, 0.05) is 25.5 Å². The standard InChI is InChI=1S/C13H19N3O3/c1-13(2)9(10(13)12(18)19)11(17)15-4-3-6-16-7-5-14-8-16/h5,7-10H,3-4,6H2,1-2H3,(H,15,17)(H,18,19)/t9-,10+/m1/s1. The molecule has 0 bridgehead atoms. The highest BCUT2D eigenvalue weighted by Gasteiger charge is 2.65. The van der Waals surface area contributed by atoms with Gasteiger partial charge in [0.15, 0.2) is 0 Å². The molecule has 2 atom stereocenters. The van der Waals surface area contributed by atoms with Crippen LogP contribution in [-0.2, 0) is 16.1 Å². The van der Waals surface area contributed by atoms with Crippen LogP contribution in [0.2, 0.25) is 0 Å². The SMILES string of the molecule is CC1(C)[C@H](C(=O)O)[C@@H]1C(=O)NCCCn1ccnc1. The van der Waals surface area contributed by atoms with E-state index in [1.807, 2.05) is 24.6 Å². The predicted molar refractivity (Wildman–Crippen MR) is 68.3 cm³/mol. The van der Waals surface area contributed by atoms with Crippen LogP contribution < -0.4 is 5.32 Å². The monoisotopic (exact) mass is 265 g/mol. The van der Waals surface area contributed by atoms with Gasteiger partial charge in [-0.15, -0.1) is 0 Å². The van der Waals surface area contributed by atoms with E-state index in [-0.39, 0.29) is 5.91 Å². The number of rotatable bonds is 6. The number of aryl methyl sites for hydroxylation is 1. The van der Waals surface area contributed by atoms with E-state index >= 15 is 0 Å². The van der Waals surface area contributed by atoms with Crippen molar-refractivity contribution in [2.45, 2.75) is 26.8 Å². The number of imidazole rings is 1. The van der Waals surface area contributed by atoms with Crippen molar-refractivity contribution in [3.8, 4) is 0 Å².